The maximum atomic E-state index is 12.9. The Bertz CT molecular complexity index is 1080. The Balaban J connectivity index is 1.24. The van der Waals surface area contributed by atoms with Crippen molar-refractivity contribution in [3.8, 4) is 22.6 Å². The highest BCUT2D eigenvalue weighted by molar-refractivity contribution is 5.88. The van der Waals surface area contributed by atoms with E-state index in [0.29, 0.717) is 18.8 Å². The van der Waals surface area contributed by atoms with Crippen molar-refractivity contribution >= 4 is 5.97 Å². The van der Waals surface area contributed by atoms with Crippen LogP contribution in [0.5, 0.6) is 11.5 Å². The molecule has 1 heterocycles. The minimum atomic E-state index is -0.937. The minimum Gasteiger partial charge on any atom is -0.491 e. The molecule has 172 valence electrons. The Morgan fingerprint density at radius 2 is 1.82 bits per heavy atom. The van der Waals surface area contributed by atoms with E-state index in [9.17, 15) is 14.3 Å². The SMILES string of the molecule is O=C(O)c1ccc(-c2ccc3c(c2)CC[C@H](CNC[C@H](O)COc2ccc(F)cc2)O3)cc1. The van der Waals surface area contributed by atoms with Crippen LogP contribution in [0.25, 0.3) is 11.1 Å². The Morgan fingerprint density at radius 3 is 2.55 bits per heavy atom. The summed E-state index contributed by atoms with van der Waals surface area (Å²) in [5.74, 6) is 0.0937. The number of carboxylic acid groups (broad SMARTS) is 1. The van der Waals surface area contributed by atoms with Crippen molar-refractivity contribution in [1.29, 1.82) is 0 Å². The van der Waals surface area contributed by atoms with E-state index in [1.807, 2.05) is 24.3 Å². The van der Waals surface area contributed by atoms with Gasteiger partial charge in [0.1, 0.15) is 36.1 Å². The second kappa shape index (κ2) is 10.5. The third kappa shape index (κ3) is 6.09. The monoisotopic (exact) mass is 451 g/mol. The molecular weight excluding hydrogens is 425 g/mol. The lowest BCUT2D eigenvalue weighted by Crippen LogP contribution is -2.39. The predicted octanol–water partition coefficient (Wildman–Crippen LogP) is 3.91. The Morgan fingerprint density at radius 1 is 1.09 bits per heavy atom. The zero-order valence-electron chi connectivity index (χ0n) is 18.0. The largest absolute Gasteiger partial charge is 0.491 e. The van der Waals surface area contributed by atoms with Crippen molar-refractivity contribution in [2.45, 2.75) is 25.0 Å². The molecule has 33 heavy (non-hydrogen) atoms. The number of carboxylic acids is 1. The van der Waals surface area contributed by atoms with E-state index in [2.05, 4.69) is 11.4 Å². The normalized spacial score (nSPS) is 15.9. The van der Waals surface area contributed by atoms with Crippen molar-refractivity contribution in [2.75, 3.05) is 19.7 Å². The average molecular weight is 451 g/mol. The number of aliphatic hydroxyl groups is 1. The highest BCUT2D eigenvalue weighted by Gasteiger charge is 2.20. The molecule has 0 aliphatic carbocycles. The fourth-order valence-corrected chi connectivity index (χ4v) is 3.77. The number of halogens is 1. The molecule has 1 aliphatic rings. The van der Waals surface area contributed by atoms with Crippen molar-refractivity contribution in [3.05, 3.63) is 83.7 Å². The highest BCUT2D eigenvalue weighted by atomic mass is 19.1. The van der Waals surface area contributed by atoms with Gasteiger partial charge >= 0.3 is 5.97 Å². The van der Waals surface area contributed by atoms with Gasteiger partial charge < -0.3 is 25.0 Å². The topological polar surface area (TPSA) is 88.0 Å². The number of nitrogens with one attached hydrogen (secondary N) is 1. The number of rotatable bonds is 9. The van der Waals surface area contributed by atoms with Crippen LogP contribution in [0.15, 0.2) is 66.7 Å². The molecule has 0 saturated heterocycles. The molecule has 0 fully saturated rings. The van der Waals surface area contributed by atoms with Crippen molar-refractivity contribution < 1.29 is 28.9 Å². The van der Waals surface area contributed by atoms with Crippen molar-refractivity contribution in [2.24, 2.45) is 0 Å². The van der Waals surface area contributed by atoms with Crippen LogP contribution in [-0.2, 0) is 6.42 Å². The molecule has 3 N–H and O–H groups in total. The Hall–Kier alpha value is -3.42. The molecule has 0 bridgehead atoms. The highest BCUT2D eigenvalue weighted by Crippen LogP contribution is 2.32. The van der Waals surface area contributed by atoms with E-state index in [4.69, 9.17) is 14.6 Å². The van der Waals surface area contributed by atoms with Gasteiger partial charge in [-0.2, -0.15) is 0 Å². The van der Waals surface area contributed by atoms with Gasteiger partial charge in [0, 0.05) is 13.1 Å². The smallest absolute Gasteiger partial charge is 0.335 e. The van der Waals surface area contributed by atoms with E-state index < -0.39 is 12.1 Å². The van der Waals surface area contributed by atoms with Gasteiger partial charge in [0.25, 0.3) is 0 Å². The molecule has 0 spiro atoms. The van der Waals surface area contributed by atoms with E-state index >= 15 is 0 Å². The number of hydrogen-bond donors (Lipinski definition) is 3. The molecule has 7 heteroatoms. The van der Waals surface area contributed by atoms with Crippen LogP contribution in [0.1, 0.15) is 22.3 Å². The summed E-state index contributed by atoms with van der Waals surface area (Å²) in [5.41, 5.74) is 3.37. The number of aliphatic hydroxyl groups excluding tert-OH is 1. The number of carbonyl (C=O) groups is 1. The maximum Gasteiger partial charge on any atom is 0.335 e. The number of aryl methyl sites for hydroxylation is 1. The standard InChI is InChI=1S/C26H26FNO5/c27-21-7-10-23(11-8-21)32-16-22(29)14-28-15-24-9-5-20-13-19(6-12-25(20)33-24)17-1-3-18(4-2-17)26(30)31/h1-4,6-8,10-13,22,24,28-29H,5,9,14-16H2,(H,30,31)/t22-,24+/m0/s1. The lowest BCUT2D eigenvalue weighted by atomic mass is 9.96. The summed E-state index contributed by atoms with van der Waals surface area (Å²) in [6.07, 6.45) is 1.03. The van der Waals surface area contributed by atoms with Gasteiger partial charge in [-0.1, -0.05) is 18.2 Å². The molecule has 0 radical (unpaired) electrons. The first kappa shape index (κ1) is 22.8. The van der Waals surface area contributed by atoms with Crippen molar-refractivity contribution in [1.82, 2.24) is 5.32 Å². The summed E-state index contributed by atoms with van der Waals surface area (Å²) in [5, 5.41) is 22.4. The fourth-order valence-electron chi connectivity index (χ4n) is 3.77. The lowest BCUT2D eigenvalue weighted by molar-refractivity contribution is 0.0697. The number of ether oxygens (including phenoxy) is 2. The summed E-state index contributed by atoms with van der Waals surface area (Å²) < 4.78 is 24.5. The average Bonchev–Trinajstić information content (AvgIpc) is 2.83. The fraction of sp³-hybridized carbons (Fsp3) is 0.269. The zero-order chi connectivity index (χ0) is 23.2. The molecule has 3 aromatic rings. The first-order valence-corrected chi connectivity index (χ1v) is 10.9. The van der Waals surface area contributed by atoms with Crippen LogP contribution < -0.4 is 14.8 Å². The molecule has 0 amide bonds. The van der Waals surface area contributed by atoms with Gasteiger partial charge in [-0.05, 0) is 78.1 Å². The van der Waals surface area contributed by atoms with Gasteiger partial charge in [0.05, 0.1) is 5.56 Å². The van der Waals surface area contributed by atoms with Crippen LogP contribution in [-0.4, -0.2) is 48.1 Å². The van der Waals surface area contributed by atoms with E-state index in [1.165, 1.54) is 24.3 Å². The third-order valence-corrected chi connectivity index (χ3v) is 5.56. The zero-order valence-corrected chi connectivity index (χ0v) is 18.0. The summed E-state index contributed by atoms with van der Waals surface area (Å²) in [7, 11) is 0. The number of benzene rings is 3. The number of hydrogen-bond acceptors (Lipinski definition) is 5. The van der Waals surface area contributed by atoms with Gasteiger partial charge in [-0.3, -0.25) is 0 Å². The van der Waals surface area contributed by atoms with Crippen LogP contribution in [0.3, 0.4) is 0 Å². The van der Waals surface area contributed by atoms with Gasteiger partial charge in [-0.25, -0.2) is 9.18 Å². The van der Waals surface area contributed by atoms with Crippen molar-refractivity contribution in [3.63, 3.8) is 0 Å². The van der Waals surface area contributed by atoms with Crippen LogP contribution in [0, 0.1) is 5.82 Å². The molecule has 4 rings (SSSR count). The number of fused-ring (bicyclic) bond motifs is 1. The quantitative estimate of drug-likeness (QED) is 0.457. The number of aromatic carboxylic acids is 1. The molecule has 0 unspecified atom stereocenters. The summed E-state index contributed by atoms with van der Waals surface area (Å²) in [6.45, 7) is 1.08. The summed E-state index contributed by atoms with van der Waals surface area (Å²) in [6, 6.07) is 18.5. The van der Waals surface area contributed by atoms with Gasteiger partial charge in [0.15, 0.2) is 0 Å². The first-order chi connectivity index (χ1) is 16.0. The van der Waals surface area contributed by atoms with Crippen LogP contribution in [0.2, 0.25) is 0 Å². The predicted molar refractivity (Wildman–Crippen MR) is 122 cm³/mol. The lowest BCUT2D eigenvalue weighted by Gasteiger charge is -2.27. The summed E-state index contributed by atoms with van der Waals surface area (Å²) in [4.78, 5) is 11.0. The Kier molecular flexibility index (Phi) is 7.22. The van der Waals surface area contributed by atoms with E-state index in [-0.39, 0.29) is 24.1 Å². The second-order valence-electron chi connectivity index (χ2n) is 8.06. The summed E-state index contributed by atoms with van der Waals surface area (Å²) >= 11 is 0. The van der Waals surface area contributed by atoms with Crippen LogP contribution >= 0.6 is 0 Å². The first-order valence-electron chi connectivity index (χ1n) is 10.9. The van der Waals surface area contributed by atoms with E-state index in [1.54, 1.807) is 12.1 Å². The van der Waals surface area contributed by atoms with Gasteiger partial charge in [-0.15, -0.1) is 0 Å². The molecular formula is C26H26FNO5. The Labute approximate surface area is 191 Å². The third-order valence-electron chi connectivity index (χ3n) is 5.56. The molecule has 3 aromatic carbocycles. The minimum absolute atomic E-state index is 0.00316. The molecule has 2 atom stereocenters. The van der Waals surface area contributed by atoms with E-state index in [0.717, 1.165) is 35.3 Å². The molecule has 0 aromatic heterocycles. The van der Waals surface area contributed by atoms with Crippen LogP contribution in [0.4, 0.5) is 4.39 Å². The van der Waals surface area contributed by atoms with Gasteiger partial charge in [0.2, 0.25) is 0 Å². The second-order valence-corrected chi connectivity index (χ2v) is 8.06. The maximum absolute atomic E-state index is 12.9. The molecule has 6 nitrogen and oxygen atoms in total. The molecule has 1 aliphatic heterocycles. The molecule has 0 saturated carbocycles.